The fourth-order valence-corrected chi connectivity index (χ4v) is 5.34. The van der Waals surface area contributed by atoms with Gasteiger partial charge >= 0.3 is 12.2 Å². The standard InChI is InChI=1S/C29H31ClF3N5O2/c30-26-10-9-22(17-25(26)29(31,32)33)36-28(39)35-21-7-5-20(6-8-21)24-19-38(27-11-12-34-18-23(24)27)40-16-4-15-37-13-2-1-3-14-37/h5-9,11-12,17-19,26H,1-4,10,13-16H2,(H2,35,36,39). The minimum Gasteiger partial charge on any atom is -0.414 e. The molecule has 0 saturated carbocycles. The third kappa shape index (κ3) is 6.79. The van der Waals surface area contributed by atoms with Gasteiger partial charge in [0.2, 0.25) is 0 Å². The summed E-state index contributed by atoms with van der Waals surface area (Å²) < 4.78 is 41.2. The Morgan fingerprint density at radius 1 is 1.10 bits per heavy atom. The molecule has 2 aromatic heterocycles. The largest absolute Gasteiger partial charge is 0.414 e. The van der Waals surface area contributed by atoms with E-state index >= 15 is 0 Å². The molecule has 2 amide bonds. The number of aromatic nitrogens is 2. The highest BCUT2D eigenvalue weighted by Crippen LogP contribution is 2.35. The summed E-state index contributed by atoms with van der Waals surface area (Å²) in [5.74, 6) is 0. The molecule has 1 aliphatic heterocycles. The second-order valence-electron chi connectivity index (χ2n) is 9.97. The lowest BCUT2D eigenvalue weighted by molar-refractivity contribution is -0.0937. The van der Waals surface area contributed by atoms with Gasteiger partial charge in [-0.15, -0.1) is 11.6 Å². The van der Waals surface area contributed by atoms with E-state index in [4.69, 9.17) is 16.4 Å². The van der Waals surface area contributed by atoms with Crippen molar-refractivity contribution in [2.24, 2.45) is 0 Å². The van der Waals surface area contributed by atoms with Crippen LogP contribution in [0.4, 0.5) is 23.7 Å². The Labute approximate surface area is 235 Å². The molecule has 1 fully saturated rings. The van der Waals surface area contributed by atoms with Gasteiger partial charge in [0.15, 0.2) is 0 Å². The number of alkyl halides is 4. The van der Waals surface area contributed by atoms with Gasteiger partial charge in [0.05, 0.1) is 22.7 Å². The molecule has 212 valence electrons. The Morgan fingerprint density at radius 2 is 1.88 bits per heavy atom. The van der Waals surface area contributed by atoms with Crippen LogP contribution in [0.2, 0.25) is 0 Å². The summed E-state index contributed by atoms with van der Waals surface area (Å²) in [5.41, 5.74) is 2.41. The van der Waals surface area contributed by atoms with Gasteiger partial charge in [0, 0.05) is 41.3 Å². The number of hydrogen-bond acceptors (Lipinski definition) is 4. The van der Waals surface area contributed by atoms with Gasteiger partial charge < -0.3 is 20.4 Å². The Morgan fingerprint density at radius 3 is 2.62 bits per heavy atom. The molecule has 1 saturated heterocycles. The van der Waals surface area contributed by atoms with Gasteiger partial charge in [0.25, 0.3) is 0 Å². The van der Waals surface area contributed by atoms with E-state index in [1.807, 2.05) is 24.4 Å². The van der Waals surface area contributed by atoms with E-state index in [0.29, 0.717) is 12.3 Å². The van der Waals surface area contributed by atoms with Gasteiger partial charge in [-0.25, -0.2) is 4.79 Å². The zero-order valence-corrected chi connectivity index (χ0v) is 22.6. The number of pyridine rings is 1. The second-order valence-corrected chi connectivity index (χ2v) is 10.5. The summed E-state index contributed by atoms with van der Waals surface area (Å²) in [6.45, 7) is 3.95. The normalized spacial score (nSPS) is 18.2. The molecule has 11 heteroatoms. The van der Waals surface area contributed by atoms with Crippen LogP contribution in [-0.4, -0.2) is 58.4 Å². The van der Waals surface area contributed by atoms with Crippen molar-refractivity contribution in [3.05, 3.63) is 72.3 Å². The minimum atomic E-state index is -4.56. The quantitative estimate of drug-likeness (QED) is 0.238. The number of urea groups is 1. The van der Waals surface area contributed by atoms with E-state index in [0.717, 1.165) is 54.2 Å². The Bertz CT molecular complexity index is 1390. The fourth-order valence-electron chi connectivity index (χ4n) is 5.06. The number of piperidine rings is 1. The average Bonchev–Trinajstić information content (AvgIpc) is 3.31. The van der Waals surface area contributed by atoms with Gasteiger partial charge in [0.1, 0.15) is 6.61 Å². The van der Waals surface area contributed by atoms with Crippen LogP contribution in [-0.2, 0) is 0 Å². The molecule has 0 spiro atoms. The zero-order valence-electron chi connectivity index (χ0n) is 21.9. The summed E-state index contributed by atoms with van der Waals surface area (Å²) in [4.78, 5) is 25.3. The van der Waals surface area contributed by atoms with Gasteiger partial charge in [-0.05, 0) is 68.6 Å². The molecule has 5 rings (SSSR count). The molecule has 40 heavy (non-hydrogen) atoms. The van der Waals surface area contributed by atoms with Crippen LogP contribution in [0.5, 0.6) is 0 Å². The maximum atomic E-state index is 13.2. The lowest BCUT2D eigenvalue weighted by Gasteiger charge is -2.26. The lowest BCUT2D eigenvalue weighted by atomic mass is 10.0. The zero-order chi connectivity index (χ0) is 28.1. The molecule has 7 nitrogen and oxygen atoms in total. The van der Waals surface area contributed by atoms with Crippen LogP contribution in [0.15, 0.2) is 72.3 Å². The Hall–Kier alpha value is -3.50. The number of allylic oxidation sites excluding steroid dienone is 3. The third-order valence-corrected chi connectivity index (χ3v) is 7.52. The van der Waals surface area contributed by atoms with E-state index in [2.05, 4.69) is 20.5 Å². The van der Waals surface area contributed by atoms with E-state index in [9.17, 15) is 18.0 Å². The number of halogens is 4. The number of likely N-dealkylation sites (tertiary alicyclic amines) is 1. The molecule has 2 N–H and O–H groups in total. The maximum Gasteiger partial charge on any atom is 0.414 e. The lowest BCUT2D eigenvalue weighted by Crippen LogP contribution is -2.31. The first-order valence-corrected chi connectivity index (χ1v) is 13.8. The van der Waals surface area contributed by atoms with Crippen LogP contribution in [0.1, 0.15) is 32.1 Å². The number of benzene rings is 1. The molecule has 3 heterocycles. The molecule has 0 bridgehead atoms. The first-order valence-electron chi connectivity index (χ1n) is 13.4. The number of carbonyl (C=O) groups excluding carboxylic acids is 1. The smallest absolute Gasteiger partial charge is 0.414 e. The number of nitrogens with zero attached hydrogens (tertiary/aromatic N) is 3. The van der Waals surface area contributed by atoms with Crippen molar-refractivity contribution in [2.75, 3.05) is 31.6 Å². The highest BCUT2D eigenvalue weighted by Gasteiger charge is 2.39. The number of fused-ring (bicyclic) bond motifs is 1. The summed E-state index contributed by atoms with van der Waals surface area (Å²) in [6.07, 6.45) is 8.01. The number of amides is 2. The van der Waals surface area contributed by atoms with Crippen molar-refractivity contribution in [2.45, 2.75) is 43.7 Å². The Kier molecular flexibility index (Phi) is 8.66. The van der Waals surface area contributed by atoms with Crippen LogP contribution >= 0.6 is 11.6 Å². The highest BCUT2D eigenvalue weighted by atomic mass is 35.5. The molecule has 1 aliphatic carbocycles. The molecule has 1 atom stereocenters. The highest BCUT2D eigenvalue weighted by molar-refractivity contribution is 6.22. The average molecular weight is 574 g/mol. The van der Waals surface area contributed by atoms with Gasteiger partial charge in [-0.3, -0.25) is 4.98 Å². The van der Waals surface area contributed by atoms with Crippen molar-refractivity contribution in [1.82, 2.24) is 19.9 Å². The first-order chi connectivity index (χ1) is 19.3. The summed E-state index contributed by atoms with van der Waals surface area (Å²) in [6, 6.07) is 8.44. The van der Waals surface area contributed by atoms with E-state index < -0.39 is 23.2 Å². The predicted octanol–water partition coefficient (Wildman–Crippen LogP) is 6.51. The Balaban J connectivity index is 1.21. The third-order valence-electron chi connectivity index (χ3n) is 7.10. The van der Waals surface area contributed by atoms with Crippen LogP contribution in [0.25, 0.3) is 22.0 Å². The van der Waals surface area contributed by atoms with E-state index in [1.165, 1.54) is 25.3 Å². The van der Waals surface area contributed by atoms with Crippen molar-refractivity contribution in [3.8, 4) is 11.1 Å². The molecular formula is C29H31ClF3N5O2. The van der Waals surface area contributed by atoms with Gasteiger partial charge in [-0.2, -0.15) is 17.9 Å². The van der Waals surface area contributed by atoms with Crippen molar-refractivity contribution in [3.63, 3.8) is 0 Å². The molecule has 1 aromatic carbocycles. The second kappa shape index (κ2) is 12.3. The minimum absolute atomic E-state index is 0.0260. The topological polar surface area (TPSA) is 71.4 Å². The molecule has 1 unspecified atom stereocenters. The summed E-state index contributed by atoms with van der Waals surface area (Å²) in [5, 5.41) is 4.87. The molecule has 2 aliphatic rings. The number of nitrogens with one attached hydrogen (secondary N) is 2. The monoisotopic (exact) mass is 573 g/mol. The van der Waals surface area contributed by atoms with Crippen LogP contribution in [0, 0.1) is 0 Å². The predicted molar refractivity (Wildman–Crippen MR) is 150 cm³/mol. The van der Waals surface area contributed by atoms with Crippen molar-refractivity contribution >= 4 is 34.2 Å². The number of carbonyl (C=O) groups is 1. The van der Waals surface area contributed by atoms with Crippen LogP contribution < -0.4 is 15.5 Å². The number of anilines is 1. The molecule has 3 aromatic rings. The van der Waals surface area contributed by atoms with Crippen molar-refractivity contribution < 1.29 is 22.8 Å². The summed E-state index contributed by atoms with van der Waals surface area (Å²) >= 11 is 5.79. The van der Waals surface area contributed by atoms with E-state index in [-0.39, 0.29) is 12.1 Å². The maximum absolute atomic E-state index is 13.2. The first kappa shape index (κ1) is 28.0. The molecule has 0 radical (unpaired) electrons. The molecular weight excluding hydrogens is 543 g/mol. The summed E-state index contributed by atoms with van der Waals surface area (Å²) in [7, 11) is 0. The SMILES string of the molecule is O=C(NC1=CCC(Cl)C(C(F)(F)F)=C1)Nc1ccc(-c2cn(OCCCN3CCCCC3)c3ccncc23)cc1. The number of rotatable bonds is 8. The van der Waals surface area contributed by atoms with Crippen molar-refractivity contribution in [1.29, 1.82) is 0 Å². The van der Waals surface area contributed by atoms with Crippen LogP contribution in [0.3, 0.4) is 0 Å². The van der Waals surface area contributed by atoms with Gasteiger partial charge in [-0.1, -0.05) is 24.6 Å². The fraction of sp³-hybridized carbons (Fsp3) is 0.379. The van der Waals surface area contributed by atoms with E-state index in [1.54, 1.807) is 29.3 Å². The number of hydrogen-bond donors (Lipinski definition) is 2.